The fraction of sp³-hybridized carbons (Fsp3) is 0.556. The smallest absolute Gasteiger partial charge is 0.309 e. The third-order valence-corrected chi connectivity index (χ3v) is 3.99. The number of hydrogen-bond donors (Lipinski definition) is 1. The molecule has 1 N–H and O–H groups in total. The molecule has 1 fully saturated rings. The molecule has 0 spiro atoms. The number of carbonyl (C=O) groups is 2. The van der Waals surface area contributed by atoms with Crippen LogP contribution in [-0.2, 0) is 14.3 Å². The van der Waals surface area contributed by atoms with Gasteiger partial charge in [-0.05, 0) is 24.3 Å². The summed E-state index contributed by atoms with van der Waals surface area (Å²) in [5.74, 6) is 0.215. The highest BCUT2D eigenvalue weighted by molar-refractivity contribution is 5.74. The lowest BCUT2D eigenvalue weighted by Gasteiger charge is -2.26. The van der Waals surface area contributed by atoms with E-state index >= 15 is 0 Å². The summed E-state index contributed by atoms with van der Waals surface area (Å²) in [6.45, 7) is 11.1. The van der Waals surface area contributed by atoms with Crippen molar-refractivity contribution in [3.05, 3.63) is 37.0 Å². The molecule has 0 aliphatic heterocycles. The standard InChI is InChI=1S/C18H27NO3/c1-5-8-15(6-2)17(19-14(4)20)12-22-18(21)16-10-7-9-13(3)11-16/h5-6,8,13,16-17H,1-2,7,9-12H2,3-4H3,(H,19,20)/b15-8+. The van der Waals surface area contributed by atoms with Gasteiger partial charge >= 0.3 is 5.97 Å². The van der Waals surface area contributed by atoms with E-state index in [1.54, 1.807) is 18.2 Å². The van der Waals surface area contributed by atoms with Gasteiger partial charge in [-0.15, -0.1) is 0 Å². The number of nitrogens with one attached hydrogen (secondary N) is 1. The second-order valence-corrected chi connectivity index (χ2v) is 5.96. The third kappa shape index (κ3) is 5.88. The molecule has 0 aromatic rings. The number of ether oxygens (including phenoxy) is 1. The molecule has 4 nitrogen and oxygen atoms in total. The third-order valence-electron chi connectivity index (χ3n) is 3.99. The first-order chi connectivity index (χ1) is 10.5. The number of carbonyl (C=O) groups excluding carboxylic acids is 2. The first-order valence-electron chi connectivity index (χ1n) is 7.86. The predicted molar refractivity (Wildman–Crippen MR) is 88.2 cm³/mol. The van der Waals surface area contributed by atoms with Crippen molar-refractivity contribution in [1.82, 2.24) is 5.32 Å². The Bertz CT molecular complexity index is 453. The van der Waals surface area contributed by atoms with E-state index in [0.717, 1.165) is 24.8 Å². The van der Waals surface area contributed by atoms with Crippen LogP contribution in [0.5, 0.6) is 0 Å². The van der Waals surface area contributed by atoms with Gasteiger partial charge in [-0.1, -0.05) is 51.2 Å². The van der Waals surface area contributed by atoms with Gasteiger partial charge < -0.3 is 10.1 Å². The first-order valence-corrected chi connectivity index (χ1v) is 7.86. The van der Waals surface area contributed by atoms with Crippen molar-refractivity contribution in [2.45, 2.75) is 45.6 Å². The molecule has 4 heteroatoms. The summed E-state index contributed by atoms with van der Waals surface area (Å²) in [5, 5.41) is 2.78. The molecule has 1 saturated carbocycles. The zero-order valence-electron chi connectivity index (χ0n) is 13.6. The average Bonchev–Trinajstić information content (AvgIpc) is 2.48. The van der Waals surface area contributed by atoms with Crippen molar-refractivity contribution >= 4 is 11.9 Å². The predicted octanol–water partition coefficient (Wildman–Crippen LogP) is 3.16. The van der Waals surface area contributed by atoms with E-state index in [9.17, 15) is 9.59 Å². The van der Waals surface area contributed by atoms with Gasteiger partial charge in [-0.2, -0.15) is 0 Å². The largest absolute Gasteiger partial charge is 0.463 e. The van der Waals surface area contributed by atoms with Crippen molar-refractivity contribution in [2.75, 3.05) is 6.61 Å². The van der Waals surface area contributed by atoms with Crippen molar-refractivity contribution in [2.24, 2.45) is 11.8 Å². The molecule has 0 bridgehead atoms. The highest BCUT2D eigenvalue weighted by Crippen LogP contribution is 2.29. The molecular formula is C18H27NO3. The van der Waals surface area contributed by atoms with E-state index in [4.69, 9.17) is 4.74 Å². The van der Waals surface area contributed by atoms with Gasteiger partial charge in [-0.25, -0.2) is 0 Å². The Kier molecular flexibility index (Phi) is 7.64. The molecule has 0 radical (unpaired) electrons. The highest BCUT2D eigenvalue weighted by atomic mass is 16.5. The maximum Gasteiger partial charge on any atom is 0.309 e. The molecular weight excluding hydrogens is 278 g/mol. The number of hydrogen-bond acceptors (Lipinski definition) is 3. The second-order valence-electron chi connectivity index (χ2n) is 5.96. The molecule has 0 saturated heterocycles. The lowest BCUT2D eigenvalue weighted by Crippen LogP contribution is -2.39. The molecule has 3 unspecified atom stereocenters. The summed E-state index contributed by atoms with van der Waals surface area (Å²) >= 11 is 0. The van der Waals surface area contributed by atoms with Crippen LogP contribution in [0.15, 0.2) is 37.0 Å². The van der Waals surface area contributed by atoms with Crippen LogP contribution in [0.25, 0.3) is 0 Å². The van der Waals surface area contributed by atoms with Crippen LogP contribution in [0.1, 0.15) is 39.5 Å². The minimum atomic E-state index is -0.391. The Labute approximate surface area is 133 Å². The Morgan fingerprint density at radius 3 is 2.64 bits per heavy atom. The number of esters is 1. The van der Waals surface area contributed by atoms with Crippen LogP contribution in [0.4, 0.5) is 0 Å². The summed E-state index contributed by atoms with van der Waals surface area (Å²) in [4.78, 5) is 23.5. The molecule has 1 aliphatic carbocycles. The number of allylic oxidation sites excluding steroid dienone is 2. The van der Waals surface area contributed by atoms with Crippen molar-refractivity contribution in [1.29, 1.82) is 0 Å². The first kappa shape index (κ1) is 18.2. The molecule has 0 aromatic heterocycles. The molecule has 3 atom stereocenters. The maximum absolute atomic E-state index is 12.2. The molecule has 22 heavy (non-hydrogen) atoms. The van der Waals surface area contributed by atoms with Crippen LogP contribution in [0.2, 0.25) is 0 Å². The van der Waals surface area contributed by atoms with Gasteiger partial charge in [0, 0.05) is 6.92 Å². The van der Waals surface area contributed by atoms with Gasteiger partial charge in [0.2, 0.25) is 5.91 Å². The normalized spacial score (nSPS) is 23.3. The molecule has 1 amide bonds. The number of rotatable bonds is 7. The molecule has 0 heterocycles. The number of amides is 1. The van der Waals surface area contributed by atoms with E-state index in [1.807, 2.05) is 0 Å². The Balaban J connectivity index is 2.63. The van der Waals surface area contributed by atoms with Crippen molar-refractivity contribution in [3.63, 3.8) is 0 Å². The summed E-state index contributed by atoms with van der Waals surface area (Å²) < 4.78 is 5.45. The fourth-order valence-corrected chi connectivity index (χ4v) is 2.86. The maximum atomic E-state index is 12.2. The zero-order chi connectivity index (χ0) is 16.5. The summed E-state index contributed by atoms with van der Waals surface area (Å²) in [7, 11) is 0. The lowest BCUT2D eigenvalue weighted by atomic mass is 9.82. The SMILES string of the molecule is C=C/C=C(\C=C)C(COC(=O)C1CCCC(C)C1)NC(C)=O. The van der Waals surface area contributed by atoms with E-state index in [2.05, 4.69) is 25.4 Å². The van der Waals surface area contributed by atoms with Gasteiger partial charge in [0.25, 0.3) is 0 Å². The van der Waals surface area contributed by atoms with E-state index in [1.165, 1.54) is 13.3 Å². The quantitative estimate of drug-likeness (QED) is 0.580. The monoisotopic (exact) mass is 305 g/mol. The van der Waals surface area contributed by atoms with E-state index in [0.29, 0.717) is 5.92 Å². The zero-order valence-corrected chi connectivity index (χ0v) is 13.6. The van der Waals surface area contributed by atoms with E-state index < -0.39 is 6.04 Å². The van der Waals surface area contributed by atoms with Gasteiger partial charge in [-0.3, -0.25) is 9.59 Å². The summed E-state index contributed by atoms with van der Waals surface area (Å²) in [6.07, 6.45) is 9.05. The molecule has 1 aliphatic rings. The van der Waals surface area contributed by atoms with Crippen LogP contribution in [0.3, 0.4) is 0 Å². The Hall–Kier alpha value is -1.84. The highest BCUT2D eigenvalue weighted by Gasteiger charge is 2.27. The second kappa shape index (κ2) is 9.23. The van der Waals surface area contributed by atoms with Gasteiger partial charge in [0.15, 0.2) is 0 Å². The minimum absolute atomic E-state index is 0.0164. The molecule has 122 valence electrons. The molecule has 0 aromatic carbocycles. The van der Waals surface area contributed by atoms with Crippen LogP contribution < -0.4 is 5.32 Å². The van der Waals surface area contributed by atoms with Crippen LogP contribution in [0, 0.1) is 11.8 Å². The Morgan fingerprint density at radius 2 is 2.09 bits per heavy atom. The minimum Gasteiger partial charge on any atom is -0.463 e. The summed E-state index contributed by atoms with van der Waals surface area (Å²) in [6, 6.07) is -0.391. The topological polar surface area (TPSA) is 55.4 Å². The van der Waals surface area contributed by atoms with Gasteiger partial charge in [0.05, 0.1) is 12.0 Å². The van der Waals surface area contributed by atoms with E-state index in [-0.39, 0.29) is 24.4 Å². The van der Waals surface area contributed by atoms with Crippen LogP contribution >= 0.6 is 0 Å². The summed E-state index contributed by atoms with van der Waals surface area (Å²) in [5.41, 5.74) is 0.773. The van der Waals surface area contributed by atoms with Crippen molar-refractivity contribution in [3.8, 4) is 0 Å². The average molecular weight is 305 g/mol. The fourth-order valence-electron chi connectivity index (χ4n) is 2.86. The lowest BCUT2D eigenvalue weighted by molar-refractivity contribution is -0.151. The Morgan fingerprint density at radius 1 is 1.36 bits per heavy atom. The van der Waals surface area contributed by atoms with Crippen molar-refractivity contribution < 1.29 is 14.3 Å². The molecule has 1 rings (SSSR count). The van der Waals surface area contributed by atoms with Crippen LogP contribution in [-0.4, -0.2) is 24.5 Å². The van der Waals surface area contributed by atoms with Gasteiger partial charge in [0.1, 0.15) is 6.61 Å².